The number of nitrogens with zero attached hydrogens (tertiary/aromatic N) is 3. The van der Waals surface area contributed by atoms with Crippen LogP contribution in [0, 0.1) is 19.7 Å². The van der Waals surface area contributed by atoms with Crippen LogP contribution in [0.1, 0.15) is 27.4 Å². The van der Waals surface area contributed by atoms with Crippen molar-refractivity contribution in [3.05, 3.63) is 64.2 Å². The van der Waals surface area contributed by atoms with Gasteiger partial charge in [-0.3, -0.25) is 15.0 Å². The van der Waals surface area contributed by atoms with Gasteiger partial charge in [0.25, 0.3) is 5.91 Å². The predicted octanol–water partition coefficient (Wildman–Crippen LogP) is 3.77. The molecule has 1 aliphatic heterocycles. The van der Waals surface area contributed by atoms with E-state index in [0.29, 0.717) is 10.7 Å². The number of thiazole rings is 1. The van der Waals surface area contributed by atoms with Gasteiger partial charge in [0.15, 0.2) is 5.13 Å². The molecule has 2 aromatic heterocycles. The molecule has 1 amide bonds. The molecule has 1 aromatic carbocycles. The first-order chi connectivity index (χ1) is 14.0. The van der Waals surface area contributed by atoms with Gasteiger partial charge >= 0.3 is 0 Å². The van der Waals surface area contributed by atoms with Gasteiger partial charge in [0.2, 0.25) is 0 Å². The van der Waals surface area contributed by atoms with Crippen molar-refractivity contribution < 1.29 is 13.9 Å². The van der Waals surface area contributed by atoms with E-state index in [0.717, 1.165) is 55.6 Å². The Morgan fingerprint density at radius 2 is 1.97 bits per heavy atom. The van der Waals surface area contributed by atoms with Crippen molar-refractivity contribution >= 4 is 22.4 Å². The number of hydrogen-bond donors (Lipinski definition) is 1. The summed E-state index contributed by atoms with van der Waals surface area (Å²) in [4.78, 5) is 19.7. The van der Waals surface area contributed by atoms with Crippen molar-refractivity contribution in [2.75, 3.05) is 31.6 Å². The van der Waals surface area contributed by atoms with Crippen molar-refractivity contribution in [3.63, 3.8) is 0 Å². The third-order valence-electron chi connectivity index (χ3n) is 5.02. The van der Waals surface area contributed by atoms with Crippen LogP contribution in [0.4, 0.5) is 9.52 Å². The normalized spacial score (nSPS) is 14.9. The molecule has 152 valence electrons. The summed E-state index contributed by atoms with van der Waals surface area (Å²) in [6, 6.07) is 8.08. The molecule has 29 heavy (non-hydrogen) atoms. The van der Waals surface area contributed by atoms with Crippen LogP contribution in [0.5, 0.6) is 0 Å². The fraction of sp³-hybridized carbons (Fsp3) is 0.333. The van der Waals surface area contributed by atoms with Gasteiger partial charge in [-0.05, 0) is 44.2 Å². The van der Waals surface area contributed by atoms with Gasteiger partial charge in [-0.2, -0.15) is 0 Å². The number of hydrogen-bond acceptors (Lipinski definition) is 5. The molecule has 0 radical (unpaired) electrons. The van der Waals surface area contributed by atoms with Crippen LogP contribution in [-0.2, 0) is 11.3 Å². The molecule has 8 heteroatoms. The monoisotopic (exact) mass is 414 g/mol. The first-order valence-corrected chi connectivity index (χ1v) is 10.4. The molecule has 1 N–H and O–H groups in total. The molecule has 0 bridgehead atoms. The summed E-state index contributed by atoms with van der Waals surface area (Å²) in [5.74, 6) is -0.482. The smallest absolute Gasteiger partial charge is 0.259 e. The van der Waals surface area contributed by atoms with Crippen molar-refractivity contribution in [3.8, 4) is 5.69 Å². The van der Waals surface area contributed by atoms with Crippen LogP contribution >= 0.6 is 11.3 Å². The number of amides is 1. The molecule has 0 unspecified atom stereocenters. The van der Waals surface area contributed by atoms with Crippen LogP contribution in [0.3, 0.4) is 0 Å². The van der Waals surface area contributed by atoms with Gasteiger partial charge < -0.3 is 9.30 Å². The molecular formula is C21H23FN4O2S. The zero-order valence-electron chi connectivity index (χ0n) is 16.4. The summed E-state index contributed by atoms with van der Waals surface area (Å²) in [6.07, 6.45) is 0. The van der Waals surface area contributed by atoms with Gasteiger partial charge in [-0.25, -0.2) is 9.37 Å². The number of rotatable bonds is 5. The average molecular weight is 415 g/mol. The maximum Gasteiger partial charge on any atom is 0.259 e. The largest absolute Gasteiger partial charge is 0.379 e. The summed E-state index contributed by atoms with van der Waals surface area (Å²) in [6.45, 7) is 7.86. The first-order valence-electron chi connectivity index (χ1n) is 9.52. The fourth-order valence-electron chi connectivity index (χ4n) is 3.57. The Bertz CT molecular complexity index is 1010. The first kappa shape index (κ1) is 19.8. The van der Waals surface area contributed by atoms with Crippen LogP contribution in [0.15, 0.2) is 35.7 Å². The number of aryl methyl sites for hydroxylation is 1. The second-order valence-electron chi connectivity index (χ2n) is 7.08. The second-order valence-corrected chi connectivity index (χ2v) is 7.94. The molecule has 0 aliphatic carbocycles. The Morgan fingerprint density at radius 3 is 2.69 bits per heavy atom. The van der Waals surface area contributed by atoms with E-state index < -0.39 is 0 Å². The van der Waals surface area contributed by atoms with Crippen LogP contribution in [0.25, 0.3) is 5.69 Å². The Kier molecular flexibility index (Phi) is 5.75. The lowest BCUT2D eigenvalue weighted by atomic mass is 10.2. The van der Waals surface area contributed by atoms with Crippen LogP contribution in [-0.4, -0.2) is 46.7 Å². The lowest BCUT2D eigenvalue weighted by molar-refractivity contribution is 0.0337. The Labute approximate surface area is 172 Å². The third kappa shape index (κ3) is 4.39. The third-order valence-corrected chi connectivity index (χ3v) is 5.83. The van der Waals surface area contributed by atoms with Gasteiger partial charge in [-0.15, -0.1) is 11.3 Å². The minimum atomic E-state index is -0.286. The number of nitrogens with one attached hydrogen (secondary N) is 1. The molecular weight excluding hydrogens is 391 g/mol. The average Bonchev–Trinajstić information content (AvgIpc) is 3.27. The van der Waals surface area contributed by atoms with Crippen molar-refractivity contribution in [1.29, 1.82) is 0 Å². The van der Waals surface area contributed by atoms with Crippen molar-refractivity contribution in [2.24, 2.45) is 0 Å². The molecule has 0 saturated carbocycles. The highest BCUT2D eigenvalue weighted by atomic mass is 32.1. The number of benzene rings is 1. The van der Waals surface area contributed by atoms with E-state index in [9.17, 15) is 9.18 Å². The highest BCUT2D eigenvalue weighted by molar-refractivity contribution is 7.14. The molecule has 3 heterocycles. The molecule has 1 aliphatic rings. The second kappa shape index (κ2) is 8.44. The van der Waals surface area contributed by atoms with Gasteiger partial charge in [0, 0.05) is 42.1 Å². The number of anilines is 1. The molecule has 0 atom stereocenters. The minimum Gasteiger partial charge on any atom is -0.379 e. The number of aromatic nitrogens is 2. The fourth-order valence-corrected chi connectivity index (χ4v) is 4.27. The SMILES string of the molecule is Cc1cc(C(=O)Nc2nc(CN3CCOCC3)cs2)c(C)n1-c1ccc(F)cc1. The Morgan fingerprint density at radius 1 is 1.24 bits per heavy atom. The van der Waals surface area contributed by atoms with Crippen molar-refractivity contribution in [1.82, 2.24) is 14.5 Å². The highest BCUT2D eigenvalue weighted by Gasteiger charge is 2.18. The Hall–Kier alpha value is -2.55. The number of ether oxygens (including phenoxy) is 1. The van der Waals surface area contributed by atoms with E-state index in [2.05, 4.69) is 15.2 Å². The van der Waals surface area contributed by atoms with Crippen LogP contribution in [0.2, 0.25) is 0 Å². The van der Waals surface area contributed by atoms with E-state index in [4.69, 9.17) is 4.74 Å². The maximum absolute atomic E-state index is 13.2. The standard InChI is InChI=1S/C21H23FN4O2S/c1-14-11-19(15(2)26(14)18-5-3-16(22)4-6-18)20(27)24-21-23-17(13-29-21)12-25-7-9-28-10-8-25/h3-6,11,13H,7-10,12H2,1-2H3,(H,23,24,27). The maximum atomic E-state index is 13.2. The van der Waals surface area contributed by atoms with Crippen molar-refractivity contribution in [2.45, 2.75) is 20.4 Å². The van der Waals surface area contributed by atoms with Gasteiger partial charge in [0.05, 0.1) is 24.5 Å². The number of carbonyl (C=O) groups is 1. The van der Waals surface area contributed by atoms with Gasteiger partial charge in [-0.1, -0.05) is 0 Å². The summed E-state index contributed by atoms with van der Waals surface area (Å²) in [5, 5.41) is 5.48. The molecule has 4 rings (SSSR count). The zero-order chi connectivity index (χ0) is 20.4. The van der Waals surface area contributed by atoms with E-state index in [1.54, 1.807) is 12.1 Å². The minimum absolute atomic E-state index is 0.196. The molecule has 1 fully saturated rings. The van der Waals surface area contributed by atoms with Crippen LogP contribution < -0.4 is 5.32 Å². The molecule has 0 spiro atoms. The zero-order valence-corrected chi connectivity index (χ0v) is 17.3. The number of carbonyl (C=O) groups excluding carboxylic acids is 1. The van der Waals surface area contributed by atoms with E-state index in [-0.39, 0.29) is 11.7 Å². The highest BCUT2D eigenvalue weighted by Crippen LogP contribution is 2.23. The topological polar surface area (TPSA) is 59.4 Å². The molecule has 1 saturated heterocycles. The molecule has 3 aromatic rings. The lowest BCUT2D eigenvalue weighted by Gasteiger charge is -2.25. The quantitative estimate of drug-likeness (QED) is 0.690. The summed E-state index contributed by atoms with van der Waals surface area (Å²) >= 11 is 1.43. The number of halogens is 1. The molecule has 6 nitrogen and oxygen atoms in total. The number of morpholine rings is 1. The summed E-state index contributed by atoms with van der Waals surface area (Å²) in [5.41, 5.74) is 4.06. The van der Waals surface area contributed by atoms with E-state index >= 15 is 0 Å². The van der Waals surface area contributed by atoms with E-state index in [1.807, 2.05) is 29.9 Å². The van der Waals surface area contributed by atoms with E-state index in [1.165, 1.54) is 23.5 Å². The lowest BCUT2D eigenvalue weighted by Crippen LogP contribution is -2.35. The predicted molar refractivity (Wildman–Crippen MR) is 111 cm³/mol. The summed E-state index contributed by atoms with van der Waals surface area (Å²) in [7, 11) is 0. The Balaban J connectivity index is 1.48. The summed E-state index contributed by atoms with van der Waals surface area (Å²) < 4.78 is 20.6. The van der Waals surface area contributed by atoms with Gasteiger partial charge in [0.1, 0.15) is 5.82 Å².